The van der Waals surface area contributed by atoms with Crippen LogP contribution >= 0.6 is 0 Å². The first-order valence-corrected chi connectivity index (χ1v) is 4.41. The fourth-order valence-corrected chi connectivity index (χ4v) is 1.56. The molecule has 78 valence electrons. The van der Waals surface area contributed by atoms with E-state index in [0.717, 1.165) is 5.56 Å². The van der Waals surface area contributed by atoms with Gasteiger partial charge in [0, 0.05) is 11.6 Å². The number of hydrogen-bond acceptors (Lipinski definition) is 1. The molecule has 1 nitrogen and oxygen atoms in total. The minimum atomic E-state index is -4.40. The molecule has 0 saturated carbocycles. The van der Waals surface area contributed by atoms with Gasteiger partial charge in [-0.3, -0.25) is 4.98 Å². The quantitative estimate of drug-likeness (QED) is 0.649. The zero-order chi connectivity index (χ0) is 11.1. The van der Waals surface area contributed by atoms with E-state index in [1.54, 1.807) is 25.1 Å². The van der Waals surface area contributed by atoms with Crippen LogP contribution in [0.4, 0.5) is 13.2 Å². The molecule has 1 aromatic heterocycles. The van der Waals surface area contributed by atoms with Gasteiger partial charge in [-0.15, -0.1) is 0 Å². The summed E-state index contributed by atoms with van der Waals surface area (Å²) in [6, 6.07) is 6.41. The molecule has 0 aliphatic rings. The normalized spacial score (nSPS) is 12.0. The topological polar surface area (TPSA) is 12.9 Å². The molecule has 4 heteroatoms. The minimum Gasteiger partial charge on any atom is -0.251 e. The number of nitrogens with zero attached hydrogens (tertiary/aromatic N) is 1. The first kappa shape index (κ1) is 9.96. The average Bonchev–Trinajstić information content (AvgIpc) is 2.17. The van der Waals surface area contributed by atoms with Crippen LogP contribution in [0.25, 0.3) is 10.8 Å². The molecule has 0 N–H and O–H groups in total. The Balaban J connectivity index is 2.84. The number of halogens is 3. The number of aromatic nitrogens is 1. The van der Waals surface area contributed by atoms with Crippen molar-refractivity contribution in [2.75, 3.05) is 0 Å². The summed E-state index contributed by atoms with van der Waals surface area (Å²) in [7, 11) is 0. The highest BCUT2D eigenvalue weighted by Crippen LogP contribution is 2.33. The lowest BCUT2D eigenvalue weighted by Crippen LogP contribution is -2.08. The summed E-state index contributed by atoms with van der Waals surface area (Å²) in [6.45, 7) is 1.75. The van der Waals surface area contributed by atoms with Gasteiger partial charge in [0.15, 0.2) is 5.69 Å². The SMILES string of the molecule is Cc1cnc(C(F)(F)F)c2ccccc12. The van der Waals surface area contributed by atoms with Crippen LogP contribution in [0, 0.1) is 6.92 Å². The molecule has 0 aliphatic heterocycles. The number of alkyl halides is 3. The third-order valence-electron chi connectivity index (χ3n) is 2.26. The van der Waals surface area contributed by atoms with E-state index in [0.29, 0.717) is 5.39 Å². The molecule has 0 bridgehead atoms. The Morgan fingerprint density at radius 3 is 2.27 bits per heavy atom. The average molecular weight is 211 g/mol. The number of benzene rings is 1. The van der Waals surface area contributed by atoms with Crippen molar-refractivity contribution in [3.05, 3.63) is 41.7 Å². The molecule has 1 heterocycles. The molecule has 0 fully saturated rings. The maximum atomic E-state index is 12.6. The van der Waals surface area contributed by atoms with E-state index in [2.05, 4.69) is 4.98 Å². The Kier molecular flexibility index (Phi) is 2.14. The molecule has 15 heavy (non-hydrogen) atoms. The molecule has 0 unspecified atom stereocenters. The van der Waals surface area contributed by atoms with Crippen molar-refractivity contribution < 1.29 is 13.2 Å². The number of hydrogen-bond donors (Lipinski definition) is 0. The summed E-state index contributed by atoms with van der Waals surface area (Å²) in [5, 5.41) is 0.754. The second-order valence-corrected chi connectivity index (χ2v) is 3.33. The zero-order valence-corrected chi connectivity index (χ0v) is 7.97. The second-order valence-electron chi connectivity index (χ2n) is 3.33. The first-order valence-electron chi connectivity index (χ1n) is 4.41. The van der Waals surface area contributed by atoms with Gasteiger partial charge < -0.3 is 0 Å². The van der Waals surface area contributed by atoms with E-state index in [-0.39, 0.29) is 5.39 Å². The van der Waals surface area contributed by atoms with Gasteiger partial charge in [0.1, 0.15) is 0 Å². The van der Waals surface area contributed by atoms with Crippen molar-refractivity contribution in [2.24, 2.45) is 0 Å². The van der Waals surface area contributed by atoms with Gasteiger partial charge in [0.05, 0.1) is 0 Å². The summed E-state index contributed by atoms with van der Waals surface area (Å²) in [6.07, 6.45) is -3.14. The van der Waals surface area contributed by atoms with E-state index < -0.39 is 11.9 Å². The van der Waals surface area contributed by atoms with Crippen LogP contribution in [0.1, 0.15) is 11.3 Å². The Bertz CT molecular complexity index is 503. The third kappa shape index (κ3) is 1.67. The maximum Gasteiger partial charge on any atom is 0.433 e. The van der Waals surface area contributed by atoms with Crippen LogP contribution in [0.3, 0.4) is 0 Å². The Morgan fingerprint density at radius 1 is 1.07 bits per heavy atom. The van der Waals surface area contributed by atoms with Crippen molar-refractivity contribution in [1.29, 1.82) is 0 Å². The van der Waals surface area contributed by atoms with Crippen LogP contribution < -0.4 is 0 Å². The monoisotopic (exact) mass is 211 g/mol. The summed E-state index contributed by atoms with van der Waals surface area (Å²) in [5.41, 5.74) is -0.0673. The van der Waals surface area contributed by atoms with Crippen LogP contribution in [0.2, 0.25) is 0 Å². The predicted molar refractivity (Wildman–Crippen MR) is 51.5 cm³/mol. The van der Waals surface area contributed by atoms with Gasteiger partial charge in [-0.05, 0) is 17.9 Å². The van der Waals surface area contributed by atoms with E-state index in [1.165, 1.54) is 12.3 Å². The van der Waals surface area contributed by atoms with Crippen LogP contribution in [0.15, 0.2) is 30.5 Å². The highest BCUT2D eigenvalue weighted by Gasteiger charge is 2.34. The van der Waals surface area contributed by atoms with Gasteiger partial charge >= 0.3 is 6.18 Å². The maximum absolute atomic E-state index is 12.6. The lowest BCUT2D eigenvalue weighted by Gasteiger charge is -2.10. The fourth-order valence-electron chi connectivity index (χ4n) is 1.56. The van der Waals surface area contributed by atoms with Crippen molar-refractivity contribution in [2.45, 2.75) is 13.1 Å². The summed E-state index contributed by atoms with van der Waals surface area (Å²) >= 11 is 0. The van der Waals surface area contributed by atoms with E-state index >= 15 is 0 Å². The minimum absolute atomic E-state index is 0.157. The van der Waals surface area contributed by atoms with Crippen LogP contribution in [0.5, 0.6) is 0 Å². The Morgan fingerprint density at radius 2 is 1.67 bits per heavy atom. The van der Waals surface area contributed by atoms with Gasteiger partial charge in [0.2, 0.25) is 0 Å². The lowest BCUT2D eigenvalue weighted by molar-refractivity contribution is -0.139. The van der Waals surface area contributed by atoms with Gasteiger partial charge in [0.25, 0.3) is 0 Å². The molecular formula is C11H8F3N. The molecule has 0 spiro atoms. The predicted octanol–water partition coefficient (Wildman–Crippen LogP) is 3.56. The number of aryl methyl sites for hydroxylation is 1. The van der Waals surface area contributed by atoms with E-state index in [9.17, 15) is 13.2 Å². The summed E-state index contributed by atoms with van der Waals surface area (Å²) < 4.78 is 37.8. The third-order valence-corrected chi connectivity index (χ3v) is 2.26. The standard InChI is InChI=1S/C11H8F3N/c1-7-6-15-10(11(12,13)14)9-5-3-2-4-8(7)9/h2-6H,1H3. The van der Waals surface area contributed by atoms with Crippen molar-refractivity contribution in [3.63, 3.8) is 0 Å². The molecule has 0 saturated heterocycles. The van der Waals surface area contributed by atoms with E-state index in [4.69, 9.17) is 0 Å². The summed E-state index contributed by atoms with van der Waals surface area (Å²) in [4.78, 5) is 3.45. The molecule has 0 aliphatic carbocycles. The molecule has 0 amide bonds. The molecule has 0 atom stereocenters. The molecule has 1 aromatic carbocycles. The zero-order valence-electron chi connectivity index (χ0n) is 7.97. The van der Waals surface area contributed by atoms with Gasteiger partial charge in [-0.25, -0.2) is 0 Å². The number of rotatable bonds is 0. The highest BCUT2D eigenvalue weighted by atomic mass is 19.4. The highest BCUT2D eigenvalue weighted by molar-refractivity contribution is 5.87. The Hall–Kier alpha value is -1.58. The first-order chi connectivity index (χ1) is 7.00. The smallest absolute Gasteiger partial charge is 0.251 e. The Labute approximate surface area is 84.6 Å². The van der Waals surface area contributed by atoms with E-state index in [1.807, 2.05) is 0 Å². The largest absolute Gasteiger partial charge is 0.433 e. The lowest BCUT2D eigenvalue weighted by atomic mass is 10.1. The summed E-state index contributed by atoms with van der Waals surface area (Å²) in [5.74, 6) is 0. The van der Waals surface area contributed by atoms with Crippen molar-refractivity contribution in [3.8, 4) is 0 Å². The second kappa shape index (κ2) is 3.22. The fraction of sp³-hybridized carbons (Fsp3) is 0.182. The molecular weight excluding hydrogens is 203 g/mol. The van der Waals surface area contributed by atoms with Crippen molar-refractivity contribution >= 4 is 10.8 Å². The van der Waals surface area contributed by atoms with Crippen LogP contribution in [-0.4, -0.2) is 4.98 Å². The van der Waals surface area contributed by atoms with Gasteiger partial charge in [-0.1, -0.05) is 24.3 Å². The van der Waals surface area contributed by atoms with Crippen LogP contribution in [-0.2, 0) is 6.18 Å². The van der Waals surface area contributed by atoms with Gasteiger partial charge in [-0.2, -0.15) is 13.2 Å². The molecule has 0 radical (unpaired) electrons. The molecule has 2 aromatic rings. The van der Waals surface area contributed by atoms with Crippen molar-refractivity contribution in [1.82, 2.24) is 4.98 Å². The number of pyridine rings is 1. The number of fused-ring (bicyclic) bond motifs is 1. The molecule has 2 rings (SSSR count).